The molecular weight excluding hydrogens is 190 g/mol. The van der Waals surface area contributed by atoms with Crippen LogP contribution in [-0.4, -0.2) is 16.3 Å². The number of benzene rings is 1. The fourth-order valence-corrected chi connectivity index (χ4v) is 2.03. The first-order chi connectivity index (χ1) is 7.20. The van der Waals surface area contributed by atoms with Crippen LogP contribution in [0.3, 0.4) is 0 Å². The molecule has 0 saturated heterocycles. The van der Waals surface area contributed by atoms with Gasteiger partial charge in [-0.1, -0.05) is 24.6 Å². The van der Waals surface area contributed by atoms with Crippen molar-refractivity contribution in [3.05, 3.63) is 29.8 Å². The first-order valence-corrected chi connectivity index (χ1v) is 5.41. The van der Waals surface area contributed by atoms with Crippen molar-refractivity contribution >= 4 is 0 Å². The molecule has 0 amide bonds. The number of para-hydroxylation sites is 1. The highest BCUT2D eigenvalue weighted by Crippen LogP contribution is 2.36. The number of aliphatic hydroxyl groups is 1. The maximum absolute atomic E-state index is 9.98. The Kier molecular flexibility index (Phi) is 2.93. The molecule has 1 aliphatic carbocycles. The van der Waals surface area contributed by atoms with E-state index in [2.05, 4.69) is 0 Å². The minimum Gasteiger partial charge on any atom is -0.508 e. The summed E-state index contributed by atoms with van der Waals surface area (Å²) in [6, 6.07) is 6.46. The largest absolute Gasteiger partial charge is 0.508 e. The highest BCUT2D eigenvalue weighted by Gasteiger charge is 2.31. The second kappa shape index (κ2) is 4.21. The lowest BCUT2D eigenvalue weighted by molar-refractivity contribution is 0.0408. The van der Waals surface area contributed by atoms with Crippen LogP contribution in [0.2, 0.25) is 0 Å². The van der Waals surface area contributed by atoms with E-state index in [1.165, 1.54) is 6.42 Å². The van der Waals surface area contributed by atoms with Crippen molar-refractivity contribution in [1.29, 1.82) is 0 Å². The number of aromatic hydroxyl groups is 1. The van der Waals surface area contributed by atoms with E-state index in [0.717, 1.165) is 12.8 Å². The van der Waals surface area contributed by atoms with Gasteiger partial charge < -0.3 is 15.9 Å². The molecule has 1 aromatic rings. The number of hydrogen-bond donors (Lipinski definition) is 3. The van der Waals surface area contributed by atoms with Gasteiger partial charge in [-0.15, -0.1) is 0 Å². The second-order valence-corrected chi connectivity index (χ2v) is 4.27. The van der Waals surface area contributed by atoms with Crippen LogP contribution in [0.5, 0.6) is 5.75 Å². The van der Waals surface area contributed by atoms with E-state index in [1.54, 1.807) is 18.2 Å². The zero-order valence-corrected chi connectivity index (χ0v) is 8.63. The average Bonchev–Trinajstić information content (AvgIpc) is 2.15. The van der Waals surface area contributed by atoms with Crippen molar-refractivity contribution < 1.29 is 10.2 Å². The number of phenols is 1. The Balaban J connectivity index is 2.12. The van der Waals surface area contributed by atoms with E-state index in [0.29, 0.717) is 11.5 Å². The number of aliphatic hydroxyl groups excluding tert-OH is 1. The van der Waals surface area contributed by atoms with E-state index in [9.17, 15) is 10.2 Å². The van der Waals surface area contributed by atoms with Gasteiger partial charge in [0.2, 0.25) is 0 Å². The van der Waals surface area contributed by atoms with Crippen LogP contribution >= 0.6 is 0 Å². The zero-order valence-electron chi connectivity index (χ0n) is 8.63. The van der Waals surface area contributed by atoms with Crippen LogP contribution in [0.15, 0.2) is 24.3 Å². The maximum atomic E-state index is 9.98. The van der Waals surface area contributed by atoms with Gasteiger partial charge in [-0.3, -0.25) is 0 Å². The predicted molar refractivity (Wildman–Crippen MR) is 58.4 cm³/mol. The van der Waals surface area contributed by atoms with Crippen LogP contribution in [-0.2, 0) is 0 Å². The third-order valence-corrected chi connectivity index (χ3v) is 3.30. The highest BCUT2D eigenvalue weighted by molar-refractivity contribution is 5.35. The van der Waals surface area contributed by atoms with E-state index in [-0.39, 0.29) is 5.75 Å². The van der Waals surface area contributed by atoms with Crippen molar-refractivity contribution in [2.75, 3.05) is 0 Å². The number of phenolic OH excluding ortho intramolecular Hbond substituents is 1. The molecule has 1 aliphatic rings. The molecule has 3 heteroatoms. The molecule has 15 heavy (non-hydrogen) atoms. The average molecular weight is 207 g/mol. The molecular formula is C12H17NO2. The van der Waals surface area contributed by atoms with Gasteiger partial charge in [-0.25, -0.2) is 0 Å². The minimum atomic E-state index is -0.535. The molecule has 1 fully saturated rings. The Morgan fingerprint density at radius 1 is 1.27 bits per heavy atom. The lowest BCUT2D eigenvalue weighted by atomic mass is 9.77. The Hall–Kier alpha value is -1.06. The smallest absolute Gasteiger partial charge is 0.120 e. The zero-order chi connectivity index (χ0) is 10.8. The second-order valence-electron chi connectivity index (χ2n) is 4.27. The van der Waals surface area contributed by atoms with E-state index in [1.807, 2.05) is 6.07 Å². The number of hydrogen-bond acceptors (Lipinski definition) is 3. The molecule has 4 N–H and O–H groups in total. The number of nitrogens with two attached hydrogens (primary N) is 1. The van der Waals surface area contributed by atoms with Crippen LogP contribution in [0, 0.1) is 5.92 Å². The topological polar surface area (TPSA) is 66.5 Å². The molecule has 0 spiro atoms. The third-order valence-electron chi connectivity index (χ3n) is 3.30. The normalized spacial score (nSPS) is 20.7. The summed E-state index contributed by atoms with van der Waals surface area (Å²) in [6.07, 6.45) is 2.73. The summed E-state index contributed by atoms with van der Waals surface area (Å²) < 4.78 is 0. The first kappa shape index (κ1) is 10.5. The molecule has 1 saturated carbocycles. The first-order valence-electron chi connectivity index (χ1n) is 5.41. The van der Waals surface area contributed by atoms with Crippen LogP contribution in [0.4, 0.5) is 0 Å². The van der Waals surface area contributed by atoms with Gasteiger partial charge in [0.25, 0.3) is 0 Å². The van der Waals surface area contributed by atoms with Gasteiger partial charge in [-0.2, -0.15) is 0 Å². The summed E-state index contributed by atoms with van der Waals surface area (Å²) in [5.41, 5.74) is 6.58. The molecule has 0 bridgehead atoms. The molecule has 2 rings (SSSR count). The molecule has 0 radical (unpaired) electrons. The van der Waals surface area contributed by atoms with Gasteiger partial charge >= 0.3 is 0 Å². The standard InChI is InChI=1S/C12H17NO2/c13-11(12(15)8-4-3-5-8)9-6-1-2-7-10(9)14/h1-2,6-8,11-12,14-15H,3-5,13H2/t11-,12+/m1/s1. The summed E-state index contributed by atoms with van der Waals surface area (Å²) in [5, 5.41) is 19.6. The van der Waals surface area contributed by atoms with Gasteiger partial charge in [0, 0.05) is 5.56 Å². The molecule has 0 aliphatic heterocycles. The SMILES string of the molecule is N[C@H](c1ccccc1O)[C@@H](O)C1CCC1. The van der Waals surface area contributed by atoms with Crippen molar-refractivity contribution in [3.8, 4) is 5.75 Å². The fraction of sp³-hybridized carbons (Fsp3) is 0.500. The lowest BCUT2D eigenvalue weighted by Gasteiger charge is -2.33. The van der Waals surface area contributed by atoms with E-state index >= 15 is 0 Å². The number of rotatable bonds is 3. The van der Waals surface area contributed by atoms with Gasteiger partial charge in [0.1, 0.15) is 5.75 Å². The lowest BCUT2D eigenvalue weighted by Crippen LogP contribution is -2.36. The Morgan fingerprint density at radius 3 is 2.47 bits per heavy atom. The van der Waals surface area contributed by atoms with E-state index < -0.39 is 12.1 Å². The molecule has 0 heterocycles. The van der Waals surface area contributed by atoms with Gasteiger partial charge in [0.05, 0.1) is 12.1 Å². The molecule has 2 atom stereocenters. The monoisotopic (exact) mass is 207 g/mol. The maximum Gasteiger partial charge on any atom is 0.120 e. The Morgan fingerprint density at radius 2 is 1.93 bits per heavy atom. The Labute approximate surface area is 89.5 Å². The van der Waals surface area contributed by atoms with Crippen molar-refractivity contribution in [1.82, 2.24) is 0 Å². The summed E-state index contributed by atoms with van der Waals surface area (Å²) in [5.74, 6) is 0.475. The third kappa shape index (κ3) is 1.98. The molecule has 1 aromatic carbocycles. The fourth-order valence-electron chi connectivity index (χ4n) is 2.03. The summed E-state index contributed by atoms with van der Waals surface area (Å²) >= 11 is 0. The van der Waals surface area contributed by atoms with Crippen LogP contribution < -0.4 is 5.73 Å². The van der Waals surface area contributed by atoms with Crippen molar-refractivity contribution in [3.63, 3.8) is 0 Å². The quantitative estimate of drug-likeness (QED) is 0.704. The highest BCUT2D eigenvalue weighted by atomic mass is 16.3. The van der Waals surface area contributed by atoms with Crippen LogP contribution in [0.25, 0.3) is 0 Å². The van der Waals surface area contributed by atoms with Crippen LogP contribution in [0.1, 0.15) is 30.9 Å². The van der Waals surface area contributed by atoms with Crippen molar-refractivity contribution in [2.24, 2.45) is 11.7 Å². The van der Waals surface area contributed by atoms with E-state index in [4.69, 9.17) is 5.73 Å². The molecule has 82 valence electrons. The summed E-state index contributed by atoms with van der Waals surface area (Å²) in [6.45, 7) is 0. The van der Waals surface area contributed by atoms with Crippen molar-refractivity contribution in [2.45, 2.75) is 31.4 Å². The molecule has 3 nitrogen and oxygen atoms in total. The minimum absolute atomic E-state index is 0.170. The van der Waals surface area contributed by atoms with Gasteiger partial charge in [0.15, 0.2) is 0 Å². The molecule has 0 aromatic heterocycles. The predicted octanol–water partition coefficient (Wildman–Crippen LogP) is 1.55. The molecule has 0 unspecified atom stereocenters. The Bertz CT molecular complexity index is 336. The summed E-state index contributed by atoms with van der Waals surface area (Å²) in [4.78, 5) is 0. The van der Waals surface area contributed by atoms with Gasteiger partial charge in [-0.05, 0) is 24.8 Å². The summed E-state index contributed by atoms with van der Waals surface area (Å²) in [7, 11) is 0.